The molecule has 0 aliphatic heterocycles. The largest absolute Gasteiger partial charge is 0.480 e. The van der Waals surface area contributed by atoms with E-state index in [0.29, 0.717) is 10.0 Å². The SMILES string of the molecule is Cc1c([N+](=O)[O-])cnc(N[C@H](C(=O)O)C(C)C)c1Br. The number of hydrogen-bond donors (Lipinski definition) is 2. The molecule has 0 spiro atoms. The molecule has 7 nitrogen and oxygen atoms in total. The first kappa shape index (κ1) is 15.4. The zero-order chi connectivity index (χ0) is 14.7. The molecular formula is C11H14BrN3O4. The lowest BCUT2D eigenvalue weighted by Gasteiger charge is -2.19. The molecule has 1 aromatic rings. The lowest BCUT2D eigenvalue weighted by Crippen LogP contribution is -2.34. The van der Waals surface area contributed by atoms with Crippen LogP contribution in [-0.2, 0) is 4.79 Å². The first-order valence-electron chi connectivity index (χ1n) is 5.54. The fraction of sp³-hybridized carbons (Fsp3) is 0.455. The van der Waals surface area contributed by atoms with Crippen LogP contribution in [0.5, 0.6) is 0 Å². The molecule has 0 aliphatic carbocycles. The van der Waals surface area contributed by atoms with E-state index in [0.717, 1.165) is 6.20 Å². The van der Waals surface area contributed by atoms with Crippen molar-refractivity contribution < 1.29 is 14.8 Å². The summed E-state index contributed by atoms with van der Waals surface area (Å²) in [6.07, 6.45) is 1.11. The number of nitrogens with zero attached hydrogens (tertiary/aromatic N) is 2. The Bertz CT molecular complexity index is 519. The summed E-state index contributed by atoms with van der Waals surface area (Å²) in [7, 11) is 0. The van der Waals surface area contributed by atoms with E-state index in [4.69, 9.17) is 5.11 Å². The van der Waals surface area contributed by atoms with Crippen molar-refractivity contribution in [2.24, 2.45) is 5.92 Å². The summed E-state index contributed by atoms with van der Waals surface area (Å²) in [4.78, 5) is 25.2. The van der Waals surface area contributed by atoms with Crippen LogP contribution >= 0.6 is 15.9 Å². The van der Waals surface area contributed by atoms with Gasteiger partial charge in [-0.05, 0) is 28.8 Å². The zero-order valence-corrected chi connectivity index (χ0v) is 12.3. The highest BCUT2D eigenvalue weighted by atomic mass is 79.9. The van der Waals surface area contributed by atoms with E-state index >= 15 is 0 Å². The van der Waals surface area contributed by atoms with E-state index in [-0.39, 0.29) is 17.4 Å². The van der Waals surface area contributed by atoms with Crippen molar-refractivity contribution >= 4 is 33.4 Å². The molecule has 0 aromatic carbocycles. The highest BCUT2D eigenvalue weighted by Crippen LogP contribution is 2.31. The van der Waals surface area contributed by atoms with Gasteiger partial charge in [0, 0.05) is 5.56 Å². The highest BCUT2D eigenvalue weighted by Gasteiger charge is 2.24. The number of aromatic nitrogens is 1. The maximum Gasteiger partial charge on any atom is 0.326 e. The van der Waals surface area contributed by atoms with Crippen molar-refractivity contribution in [2.45, 2.75) is 26.8 Å². The molecule has 0 aliphatic rings. The molecule has 0 saturated heterocycles. The van der Waals surface area contributed by atoms with Crippen LogP contribution in [-0.4, -0.2) is 27.0 Å². The minimum Gasteiger partial charge on any atom is -0.480 e. The summed E-state index contributed by atoms with van der Waals surface area (Å²) in [5, 5.41) is 22.6. The second-order valence-corrected chi connectivity index (χ2v) is 5.19. The van der Waals surface area contributed by atoms with Crippen LogP contribution in [0.3, 0.4) is 0 Å². The molecule has 0 fully saturated rings. The smallest absolute Gasteiger partial charge is 0.326 e. The van der Waals surface area contributed by atoms with E-state index in [9.17, 15) is 14.9 Å². The number of anilines is 1. The van der Waals surface area contributed by atoms with Gasteiger partial charge in [-0.25, -0.2) is 9.78 Å². The van der Waals surface area contributed by atoms with Crippen LogP contribution in [0.4, 0.5) is 11.5 Å². The lowest BCUT2D eigenvalue weighted by atomic mass is 10.0. The Morgan fingerprint density at radius 1 is 1.58 bits per heavy atom. The third-order valence-corrected chi connectivity index (χ3v) is 3.63. The molecular weight excluding hydrogens is 318 g/mol. The summed E-state index contributed by atoms with van der Waals surface area (Å²) in [6.45, 7) is 5.09. The second kappa shape index (κ2) is 5.96. The maximum absolute atomic E-state index is 11.1. The molecule has 0 unspecified atom stereocenters. The number of nitrogens with one attached hydrogen (secondary N) is 1. The van der Waals surface area contributed by atoms with Crippen molar-refractivity contribution in [1.82, 2.24) is 4.98 Å². The normalized spacial score (nSPS) is 12.3. The Morgan fingerprint density at radius 2 is 2.16 bits per heavy atom. The molecule has 8 heteroatoms. The molecule has 0 saturated carbocycles. The summed E-state index contributed by atoms with van der Waals surface area (Å²) < 4.78 is 0.397. The Morgan fingerprint density at radius 3 is 2.58 bits per heavy atom. The standard InChI is InChI=1S/C11H14BrN3O4/c1-5(2)9(11(16)17)14-10-8(12)6(3)7(4-13-10)15(18)19/h4-5,9H,1-3H3,(H,13,14)(H,16,17)/t9-/m0/s1. The molecule has 0 amide bonds. The number of rotatable bonds is 5. The number of carbonyl (C=O) groups is 1. The minimum atomic E-state index is -1.00. The fourth-order valence-corrected chi connectivity index (χ4v) is 1.93. The summed E-state index contributed by atoms with van der Waals surface area (Å²) in [5.41, 5.74) is 0.282. The van der Waals surface area contributed by atoms with Crippen LogP contribution in [0, 0.1) is 23.0 Å². The average molecular weight is 332 g/mol. The molecule has 1 atom stereocenters. The molecule has 1 rings (SSSR count). The Kier molecular flexibility index (Phi) is 4.82. The summed E-state index contributed by atoms with van der Waals surface area (Å²) in [5.74, 6) is -0.870. The third kappa shape index (κ3) is 3.40. The zero-order valence-electron chi connectivity index (χ0n) is 10.7. The maximum atomic E-state index is 11.1. The van der Waals surface area contributed by atoms with Crippen LogP contribution in [0.1, 0.15) is 19.4 Å². The molecule has 2 N–H and O–H groups in total. The van der Waals surface area contributed by atoms with E-state index in [1.54, 1.807) is 20.8 Å². The predicted molar refractivity (Wildman–Crippen MR) is 73.2 cm³/mol. The Balaban J connectivity index is 3.13. The van der Waals surface area contributed by atoms with Gasteiger partial charge in [0.05, 0.1) is 9.40 Å². The van der Waals surface area contributed by atoms with Crippen molar-refractivity contribution in [1.29, 1.82) is 0 Å². The van der Waals surface area contributed by atoms with Gasteiger partial charge < -0.3 is 10.4 Å². The second-order valence-electron chi connectivity index (χ2n) is 4.39. The number of halogens is 1. The highest BCUT2D eigenvalue weighted by molar-refractivity contribution is 9.10. The quantitative estimate of drug-likeness (QED) is 0.634. The van der Waals surface area contributed by atoms with E-state index in [1.165, 1.54) is 0 Å². The van der Waals surface area contributed by atoms with Crippen molar-refractivity contribution in [3.05, 3.63) is 26.3 Å². The van der Waals surface area contributed by atoms with Gasteiger partial charge in [0.1, 0.15) is 18.1 Å². The van der Waals surface area contributed by atoms with E-state index in [1.807, 2.05) is 0 Å². The summed E-state index contributed by atoms with van der Waals surface area (Å²) >= 11 is 3.20. The molecule has 1 aromatic heterocycles. The van der Waals surface area contributed by atoms with Gasteiger partial charge in [0.2, 0.25) is 0 Å². The molecule has 19 heavy (non-hydrogen) atoms. The van der Waals surface area contributed by atoms with Crippen LogP contribution in [0.2, 0.25) is 0 Å². The van der Waals surface area contributed by atoms with Crippen LogP contribution in [0.25, 0.3) is 0 Å². The predicted octanol–water partition coefficient (Wildman–Crippen LogP) is 2.58. The Labute approximate surface area is 118 Å². The number of pyridine rings is 1. The van der Waals surface area contributed by atoms with Crippen LogP contribution < -0.4 is 5.32 Å². The van der Waals surface area contributed by atoms with Crippen LogP contribution in [0.15, 0.2) is 10.7 Å². The van der Waals surface area contributed by atoms with E-state index < -0.39 is 16.9 Å². The molecule has 0 radical (unpaired) electrons. The number of nitro groups is 1. The summed E-state index contributed by atoms with van der Waals surface area (Å²) in [6, 6.07) is -0.815. The number of carboxylic acid groups (broad SMARTS) is 1. The van der Waals surface area contributed by atoms with Gasteiger partial charge in [-0.3, -0.25) is 10.1 Å². The minimum absolute atomic E-state index is 0.117. The average Bonchev–Trinajstić information content (AvgIpc) is 2.29. The van der Waals surface area contributed by atoms with Crippen molar-refractivity contribution in [3.63, 3.8) is 0 Å². The lowest BCUT2D eigenvalue weighted by molar-refractivity contribution is -0.385. The van der Waals surface area contributed by atoms with Gasteiger partial charge in [-0.2, -0.15) is 0 Å². The third-order valence-electron chi connectivity index (χ3n) is 2.66. The van der Waals surface area contributed by atoms with Gasteiger partial charge in [-0.15, -0.1) is 0 Å². The number of carboxylic acids is 1. The molecule has 1 heterocycles. The monoisotopic (exact) mass is 331 g/mol. The first-order valence-corrected chi connectivity index (χ1v) is 6.33. The van der Waals surface area contributed by atoms with E-state index in [2.05, 4.69) is 26.2 Å². The first-order chi connectivity index (χ1) is 8.75. The van der Waals surface area contributed by atoms with Gasteiger partial charge in [-0.1, -0.05) is 13.8 Å². The van der Waals surface area contributed by atoms with Gasteiger partial charge in [0.25, 0.3) is 5.69 Å². The van der Waals surface area contributed by atoms with Crippen molar-refractivity contribution in [2.75, 3.05) is 5.32 Å². The van der Waals surface area contributed by atoms with Crippen molar-refractivity contribution in [3.8, 4) is 0 Å². The van der Waals surface area contributed by atoms with Gasteiger partial charge in [0.15, 0.2) is 0 Å². The molecule has 0 bridgehead atoms. The van der Waals surface area contributed by atoms with Gasteiger partial charge >= 0.3 is 5.97 Å². The number of aliphatic carboxylic acids is 1. The number of hydrogen-bond acceptors (Lipinski definition) is 5. The fourth-order valence-electron chi connectivity index (χ4n) is 1.51. The Hall–Kier alpha value is -1.70. The molecule has 104 valence electrons. The topological polar surface area (TPSA) is 105 Å².